The van der Waals surface area contributed by atoms with E-state index in [2.05, 4.69) is 5.32 Å². The van der Waals surface area contributed by atoms with Crippen molar-refractivity contribution in [2.24, 2.45) is 5.92 Å². The highest BCUT2D eigenvalue weighted by molar-refractivity contribution is 7.89. The molecule has 1 aliphatic heterocycles. The molecule has 25 heavy (non-hydrogen) atoms. The molecular formula is C17H27N3O4S. The monoisotopic (exact) mass is 369 g/mol. The fourth-order valence-electron chi connectivity index (χ4n) is 2.60. The van der Waals surface area contributed by atoms with E-state index < -0.39 is 10.0 Å². The van der Waals surface area contributed by atoms with Gasteiger partial charge in [-0.1, -0.05) is 13.8 Å². The Balaban J connectivity index is 1.89. The van der Waals surface area contributed by atoms with E-state index in [1.165, 1.54) is 4.31 Å². The molecule has 0 aromatic heterocycles. The molecule has 140 valence electrons. The van der Waals surface area contributed by atoms with Crippen molar-refractivity contribution in [2.45, 2.75) is 18.7 Å². The summed E-state index contributed by atoms with van der Waals surface area (Å²) in [5.74, 6) is 1.02. The van der Waals surface area contributed by atoms with Gasteiger partial charge in [-0.2, -0.15) is 4.31 Å². The first-order valence-corrected chi connectivity index (χ1v) is 9.90. The van der Waals surface area contributed by atoms with Crippen molar-refractivity contribution in [1.82, 2.24) is 14.5 Å². The number of amides is 1. The largest absolute Gasteiger partial charge is 0.497 e. The van der Waals surface area contributed by atoms with Crippen LogP contribution in [0, 0.1) is 5.92 Å². The number of nitrogens with one attached hydrogen (secondary N) is 1. The molecular weight excluding hydrogens is 342 g/mol. The van der Waals surface area contributed by atoms with E-state index in [0.717, 1.165) is 0 Å². The van der Waals surface area contributed by atoms with Gasteiger partial charge in [0, 0.05) is 32.7 Å². The van der Waals surface area contributed by atoms with Crippen LogP contribution in [0.25, 0.3) is 0 Å². The Bertz CT molecular complexity index is 666. The fourth-order valence-corrected chi connectivity index (χ4v) is 4.02. The van der Waals surface area contributed by atoms with Gasteiger partial charge < -0.3 is 10.1 Å². The molecule has 1 heterocycles. The van der Waals surface area contributed by atoms with E-state index in [1.807, 2.05) is 18.7 Å². The van der Waals surface area contributed by atoms with Gasteiger partial charge in [-0.25, -0.2) is 8.42 Å². The molecule has 1 aliphatic rings. The summed E-state index contributed by atoms with van der Waals surface area (Å²) in [4.78, 5) is 14.1. The predicted octanol–water partition coefficient (Wildman–Crippen LogP) is 0.774. The van der Waals surface area contributed by atoms with Crippen LogP contribution in [0.5, 0.6) is 5.75 Å². The number of piperazine rings is 1. The van der Waals surface area contributed by atoms with Gasteiger partial charge in [0.15, 0.2) is 0 Å². The number of carbonyl (C=O) groups excluding carboxylic acids is 1. The first-order chi connectivity index (χ1) is 11.8. The van der Waals surface area contributed by atoms with Crippen LogP contribution in [0.4, 0.5) is 0 Å². The standard InChI is InChI=1S/C17H27N3O4S/c1-14(2)12-18-17(21)13-19-8-10-20(11-9-19)25(22,23)16-6-4-15(24-3)5-7-16/h4-7,14H,8-13H2,1-3H3,(H,18,21). The summed E-state index contributed by atoms with van der Waals surface area (Å²) in [6, 6.07) is 6.39. The summed E-state index contributed by atoms with van der Waals surface area (Å²) in [6.07, 6.45) is 0. The molecule has 1 fully saturated rings. The number of hydrogen-bond donors (Lipinski definition) is 1. The lowest BCUT2D eigenvalue weighted by atomic mass is 10.2. The molecule has 1 N–H and O–H groups in total. The van der Waals surface area contributed by atoms with Crippen molar-refractivity contribution >= 4 is 15.9 Å². The molecule has 0 atom stereocenters. The quantitative estimate of drug-likeness (QED) is 0.768. The summed E-state index contributed by atoms with van der Waals surface area (Å²) in [5, 5.41) is 2.88. The smallest absolute Gasteiger partial charge is 0.243 e. The Labute approximate surface area is 150 Å². The van der Waals surface area contributed by atoms with E-state index in [4.69, 9.17) is 4.74 Å². The average molecular weight is 369 g/mol. The van der Waals surface area contributed by atoms with E-state index >= 15 is 0 Å². The molecule has 1 aromatic rings. The maximum Gasteiger partial charge on any atom is 0.243 e. The first kappa shape index (κ1) is 19.7. The van der Waals surface area contributed by atoms with Crippen LogP contribution in [0.3, 0.4) is 0 Å². The van der Waals surface area contributed by atoms with Gasteiger partial charge in [-0.15, -0.1) is 0 Å². The number of carbonyl (C=O) groups is 1. The summed E-state index contributed by atoms with van der Waals surface area (Å²) < 4.78 is 31.9. The van der Waals surface area contributed by atoms with Gasteiger partial charge in [0.25, 0.3) is 0 Å². The number of nitrogens with zero attached hydrogens (tertiary/aromatic N) is 2. The number of rotatable bonds is 7. The molecule has 1 aromatic carbocycles. The molecule has 2 rings (SSSR count). The van der Waals surface area contributed by atoms with Crippen LogP contribution < -0.4 is 10.1 Å². The van der Waals surface area contributed by atoms with Crippen molar-refractivity contribution in [2.75, 3.05) is 46.4 Å². The summed E-state index contributed by atoms with van der Waals surface area (Å²) in [5.41, 5.74) is 0. The van der Waals surface area contributed by atoms with Gasteiger partial charge in [0.2, 0.25) is 15.9 Å². The number of ether oxygens (including phenoxy) is 1. The van der Waals surface area contributed by atoms with Gasteiger partial charge in [0.1, 0.15) is 5.75 Å². The molecule has 0 saturated carbocycles. The molecule has 1 saturated heterocycles. The lowest BCUT2D eigenvalue weighted by molar-refractivity contribution is -0.122. The zero-order valence-corrected chi connectivity index (χ0v) is 15.9. The Hall–Kier alpha value is -1.64. The average Bonchev–Trinajstić information content (AvgIpc) is 2.60. The third kappa shape index (κ3) is 5.42. The summed E-state index contributed by atoms with van der Waals surface area (Å²) >= 11 is 0. The molecule has 1 amide bonds. The second-order valence-corrected chi connectivity index (χ2v) is 8.49. The third-order valence-electron chi connectivity index (χ3n) is 4.10. The van der Waals surface area contributed by atoms with Crippen molar-refractivity contribution in [3.05, 3.63) is 24.3 Å². The van der Waals surface area contributed by atoms with Crippen LogP contribution in [0.15, 0.2) is 29.2 Å². The van der Waals surface area contributed by atoms with Gasteiger partial charge in [0.05, 0.1) is 18.6 Å². The Morgan fingerprint density at radius 1 is 1.16 bits per heavy atom. The topological polar surface area (TPSA) is 79.0 Å². The number of hydrogen-bond acceptors (Lipinski definition) is 5. The van der Waals surface area contributed by atoms with E-state index in [-0.39, 0.29) is 10.8 Å². The van der Waals surface area contributed by atoms with Gasteiger partial charge in [-0.3, -0.25) is 9.69 Å². The van der Waals surface area contributed by atoms with Crippen LogP contribution in [-0.2, 0) is 14.8 Å². The zero-order chi connectivity index (χ0) is 18.4. The Morgan fingerprint density at radius 2 is 1.76 bits per heavy atom. The first-order valence-electron chi connectivity index (χ1n) is 8.46. The van der Waals surface area contributed by atoms with Crippen molar-refractivity contribution < 1.29 is 17.9 Å². The molecule has 0 unspecified atom stereocenters. The van der Waals surface area contributed by atoms with Gasteiger partial charge in [-0.05, 0) is 30.2 Å². The Kier molecular flexibility index (Phi) is 6.80. The highest BCUT2D eigenvalue weighted by Gasteiger charge is 2.29. The molecule has 7 nitrogen and oxygen atoms in total. The highest BCUT2D eigenvalue weighted by atomic mass is 32.2. The van der Waals surface area contributed by atoms with Crippen LogP contribution in [0.1, 0.15) is 13.8 Å². The zero-order valence-electron chi connectivity index (χ0n) is 15.1. The van der Waals surface area contributed by atoms with Crippen molar-refractivity contribution in [1.29, 1.82) is 0 Å². The van der Waals surface area contributed by atoms with E-state index in [9.17, 15) is 13.2 Å². The van der Waals surface area contributed by atoms with Crippen molar-refractivity contribution in [3.8, 4) is 5.75 Å². The third-order valence-corrected chi connectivity index (χ3v) is 6.02. The number of methoxy groups -OCH3 is 1. The maximum absolute atomic E-state index is 12.7. The lowest BCUT2D eigenvalue weighted by Gasteiger charge is -2.33. The summed E-state index contributed by atoms with van der Waals surface area (Å²) in [7, 11) is -1.97. The van der Waals surface area contributed by atoms with Crippen LogP contribution >= 0.6 is 0 Å². The minimum Gasteiger partial charge on any atom is -0.497 e. The van der Waals surface area contributed by atoms with E-state index in [1.54, 1.807) is 31.4 Å². The molecule has 0 radical (unpaired) electrons. The van der Waals surface area contributed by atoms with E-state index in [0.29, 0.717) is 50.9 Å². The minimum absolute atomic E-state index is 0.0137. The van der Waals surface area contributed by atoms with Crippen LogP contribution in [0.2, 0.25) is 0 Å². The Morgan fingerprint density at radius 3 is 2.28 bits per heavy atom. The number of benzene rings is 1. The predicted molar refractivity (Wildman–Crippen MR) is 96.0 cm³/mol. The molecule has 0 spiro atoms. The normalized spacial score (nSPS) is 16.8. The maximum atomic E-state index is 12.7. The van der Waals surface area contributed by atoms with Gasteiger partial charge >= 0.3 is 0 Å². The summed E-state index contributed by atoms with van der Waals surface area (Å²) in [6.45, 7) is 6.91. The molecule has 0 bridgehead atoms. The van der Waals surface area contributed by atoms with Crippen LogP contribution in [-0.4, -0.2) is 69.9 Å². The highest BCUT2D eigenvalue weighted by Crippen LogP contribution is 2.20. The van der Waals surface area contributed by atoms with Crippen molar-refractivity contribution in [3.63, 3.8) is 0 Å². The molecule has 8 heteroatoms. The second-order valence-electron chi connectivity index (χ2n) is 6.55. The molecule has 0 aliphatic carbocycles. The number of sulfonamides is 1. The second kappa shape index (κ2) is 8.64. The fraction of sp³-hybridized carbons (Fsp3) is 0.588. The lowest BCUT2D eigenvalue weighted by Crippen LogP contribution is -2.51. The SMILES string of the molecule is COc1ccc(S(=O)(=O)N2CCN(CC(=O)NCC(C)C)CC2)cc1. The minimum atomic E-state index is -3.51.